The fourth-order valence-corrected chi connectivity index (χ4v) is 2.57. The number of carbonyl (C=O) groups is 2. The minimum Gasteiger partial charge on any atom is -0.544 e. The van der Waals surface area contributed by atoms with E-state index in [1.165, 1.54) is 0 Å². The Labute approximate surface area is 147 Å². The number of nitrogens with one attached hydrogen (secondary N) is 1. The lowest BCUT2D eigenvalue weighted by Crippen LogP contribution is -2.93. The van der Waals surface area contributed by atoms with Crippen LogP contribution in [0, 0.1) is 6.92 Å². The second kappa shape index (κ2) is 11.0. The Bertz CT molecular complexity index is 552. The first-order valence-electron chi connectivity index (χ1n) is 8.34. The largest absolute Gasteiger partial charge is 0.544 e. The average Bonchev–Trinajstić information content (AvgIpc) is 2.53. The number of unbranched alkanes of at least 4 members (excludes halogenated alkanes) is 3. The molecule has 0 radical (unpaired) electrons. The van der Waals surface area contributed by atoms with Crippen molar-refractivity contribution in [2.75, 3.05) is 18.4 Å². The topological polar surface area (TPSA) is 113 Å². The second-order valence-corrected chi connectivity index (χ2v) is 6.29. The molecule has 6 N–H and O–H groups in total. The average molecular weight is 357 g/mol. The van der Waals surface area contributed by atoms with E-state index < -0.39 is 12.0 Å². The lowest BCUT2D eigenvalue weighted by molar-refractivity contribution is -0.682. The van der Waals surface area contributed by atoms with Crippen LogP contribution in [0.3, 0.4) is 0 Å². The van der Waals surface area contributed by atoms with Gasteiger partial charge in [0.2, 0.25) is 5.91 Å². The SMILES string of the molecule is Cc1c(Cl)cccc1NC(=O)C[C@@H]([NH2+]CCCCCC[NH3+])C(=O)[O-]. The minimum atomic E-state index is -1.22. The van der Waals surface area contributed by atoms with Crippen LogP contribution in [0.1, 0.15) is 37.7 Å². The molecule has 134 valence electrons. The van der Waals surface area contributed by atoms with Crippen LogP contribution in [0.2, 0.25) is 5.02 Å². The molecule has 24 heavy (non-hydrogen) atoms. The number of halogens is 1. The fraction of sp³-hybridized carbons (Fsp3) is 0.529. The van der Waals surface area contributed by atoms with Gasteiger partial charge in [-0.05, 0) is 50.3 Å². The number of aliphatic carboxylic acids is 1. The van der Waals surface area contributed by atoms with Crippen molar-refractivity contribution in [1.29, 1.82) is 0 Å². The molecule has 0 fully saturated rings. The minimum absolute atomic E-state index is 0.132. The highest BCUT2D eigenvalue weighted by molar-refractivity contribution is 6.31. The molecule has 0 heterocycles. The van der Waals surface area contributed by atoms with Crippen LogP contribution in [-0.2, 0) is 9.59 Å². The van der Waals surface area contributed by atoms with E-state index in [2.05, 4.69) is 11.1 Å². The number of anilines is 1. The second-order valence-electron chi connectivity index (χ2n) is 5.88. The predicted octanol–water partition coefficient (Wildman–Crippen LogP) is -0.539. The summed E-state index contributed by atoms with van der Waals surface area (Å²) >= 11 is 6.01. The first kappa shape index (κ1) is 20.4. The molecule has 6 nitrogen and oxygen atoms in total. The molecule has 0 aromatic heterocycles. The maximum absolute atomic E-state index is 12.1. The van der Waals surface area contributed by atoms with Crippen molar-refractivity contribution in [3.05, 3.63) is 28.8 Å². The van der Waals surface area contributed by atoms with Gasteiger partial charge in [-0.25, -0.2) is 0 Å². The molecule has 1 aromatic carbocycles. The molecule has 1 rings (SSSR count). The Morgan fingerprint density at radius 3 is 2.67 bits per heavy atom. The summed E-state index contributed by atoms with van der Waals surface area (Å²) in [6.07, 6.45) is 4.01. The van der Waals surface area contributed by atoms with E-state index in [1.807, 2.05) is 0 Å². The van der Waals surface area contributed by atoms with Crippen molar-refractivity contribution in [2.24, 2.45) is 0 Å². The number of rotatable bonds is 11. The van der Waals surface area contributed by atoms with Gasteiger partial charge < -0.3 is 26.3 Å². The standard InChI is InChI=1S/C17H26ClN3O3/c1-12-13(18)7-6-8-14(12)21-16(22)11-15(17(23)24)20-10-5-3-2-4-9-19/h6-8,15,20H,2-5,9-11,19H2,1H3,(H,21,22)(H,23,24)/p+1/t15-/m1/s1. The first-order chi connectivity index (χ1) is 11.5. The van der Waals surface area contributed by atoms with Crippen molar-refractivity contribution in [2.45, 2.75) is 45.1 Å². The quantitative estimate of drug-likeness (QED) is 0.463. The first-order valence-corrected chi connectivity index (χ1v) is 8.72. The molecular weight excluding hydrogens is 330 g/mol. The Hall–Kier alpha value is -1.63. The van der Waals surface area contributed by atoms with Crippen molar-refractivity contribution in [3.63, 3.8) is 0 Å². The van der Waals surface area contributed by atoms with Crippen LogP contribution in [0.4, 0.5) is 5.69 Å². The molecule has 1 atom stereocenters. The summed E-state index contributed by atoms with van der Waals surface area (Å²) < 4.78 is 0. The Morgan fingerprint density at radius 2 is 2.00 bits per heavy atom. The number of nitrogens with two attached hydrogens (primary N) is 1. The van der Waals surface area contributed by atoms with E-state index in [1.54, 1.807) is 30.4 Å². The fourth-order valence-electron chi connectivity index (χ4n) is 2.40. The molecule has 0 saturated carbocycles. The van der Waals surface area contributed by atoms with E-state index in [4.69, 9.17) is 11.6 Å². The van der Waals surface area contributed by atoms with Crippen molar-refractivity contribution < 1.29 is 25.7 Å². The van der Waals surface area contributed by atoms with Gasteiger partial charge in [-0.2, -0.15) is 0 Å². The summed E-state index contributed by atoms with van der Waals surface area (Å²) in [5.74, 6) is -1.58. The summed E-state index contributed by atoms with van der Waals surface area (Å²) in [7, 11) is 0. The van der Waals surface area contributed by atoms with Crippen molar-refractivity contribution in [3.8, 4) is 0 Å². The number of carbonyl (C=O) groups excluding carboxylic acids is 2. The number of hydrogen-bond donors (Lipinski definition) is 3. The molecule has 0 aliphatic rings. The number of amides is 1. The van der Waals surface area contributed by atoms with E-state index in [0.717, 1.165) is 37.8 Å². The van der Waals surface area contributed by atoms with Crippen molar-refractivity contribution >= 4 is 29.2 Å². The van der Waals surface area contributed by atoms with Gasteiger partial charge in [0.25, 0.3) is 0 Å². The van der Waals surface area contributed by atoms with Crippen LogP contribution in [-0.4, -0.2) is 31.0 Å². The highest BCUT2D eigenvalue weighted by atomic mass is 35.5. The lowest BCUT2D eigenvalue weighted by Gasteiger charge is -2.17. The van der Waals surface area contributed by atoms with E-state index >= 15 is 0 Å². The number of carboxylic acid groups (broad SMARTS) is 1. The van der Waals surface area contributed by atoms with Crippen LogP contribution >= 0.6 is 11.6 Å². The lowest BCUT2D eigenvalue weighted by atomic mass is 10.1. The van der Waals surface area contributed by atoms with Gasteiger partial charge in [0.15, 0.2) is 0 Å². The third kappa shape index (κ3) is 7.29. The van der Waals surface area contributed by atoms with Gasteiger partial charge in [-0.3, -0.25) is 4.79 Å². The predicted molar refractivity (Wildman–Crippen MR) is 91.2 cm³/mol. The number of hydrogen-bond acceptors (Lipinski definition) is 3. The smallest absolute Gasteiger partial charge is 0.230 e. The maximum Gasteiger partial charge on any atom is 0.230 e. The van der Waals surface area contributed by atoms with Crippen molar-refractivity contribution in [1.82, 2.24) is 0 Å². The van der Waals surface area contributed by atoms with Gasteiger partial charge in [-0.15, -0.1) is 0 Å². The molecule has 0 aliphatic heterocycles. The molecule has 1 aromatic rings. The van der Waals surface area contributed by atoms with Gasteiger partial charge in [0, 0.05) is 10.7 Å². The van der Waals surface area contributed by atoms with Crippen LogP contribution in [0.25, 0.3) is 0 Å². The maximum atomic E-state index is 12.1. The van der Waals surface area contributed by atoms with Crippen LogP contribution in [0.5, 0.6) is 0 Å². The zero-order valence-corrected chi connectivity index (χ0v) is 14.9. The monoisotopic (exact) mass is 356 g/mol. The molecule has 1 amide bonds. The summed E-state index contributed by atoms with van der Waals surface area (Å²) in [5, 5.41) is 16.2. The van der Waals surface area contributed by atoms with Gasteiger partial charge in [0.1, 0.15) is 6.04 Å². The molecule has 0 unspecified atom stereocenters. The third-order valence-electron chi connectivity index (χ3n) is 3.91. The molecule has 7 heteroatoms. The zero-order valence-electron chi connectivity index (χ0n) is 14.1. The summed E-state index contributed by atoms with van der Waals surface area (Å²) in [5.41, 5.74) is 5.14. The molecule has 0 saturated heterocycles. The van der Waals surface area contributed by atoms with Gasteiger partial charge in [0.05, 0.1) is 25.5 Å². The van der Waals surface area contributed by atoms with Crippen LogP contribution in [0.15, 0.2) is 18.2 Å². The summed E-state index contributed by atoms with van der Waals surface area (Å²) in [4.78, 5) is 23.3. The third-order valence-corrected chi connectivity index (χ3v) is 4.31. The molecule has 0 aliphatic carbocycles. The van der Waals surface area contributed by atoms with E-state index in [0.29, 0.717) is 17.3 Å². The molecule has 0 bridgehead atoms. The van der Waals surface area contributed by atoms with Gasteiger partial charge in [-0.1, -0.05) is 17.7 Å². The Balaban J connectivity index is 2.45. The number of carboxylic acids is 1. The molecular formula is C17H27ClN3O3+. The summed E-state index contributed by atoms with van der Waals surface area (Å²) in [6.45, 7) is 3.39. The van der Waals surface area contributed by atoms with E-state index in [-0.39, 0.29) is 12.3 Å². The zero-order chi connectivity index (χ0) is 17.9. The van der Waals surface area contributed by atoms with Crippen LogP contribution < -0.4 is 21.5 Å². The Kier molecular flexibility index (Phi) is 9.37. The summed E-state index contributed by atoms with van der Waals surface area (Å²) in [6, 6.07) is 4.33. The number of benzene rings is 1. The number of quaternary nitrogens is 2. The van der Waals surface area contributed by atoms with Gasteiger partial charge >= 0.3 is 0 Å². The Morgan fingerprint density at radius 1 is 1.29 bits per heavy atom. The molecule has 0 spiro atoms. The normalized spacial score (nSPS) is 12.0. The van der Waals surface area contributed by atoms with E-state index in [9.17, 15) is 14.7 Å². The highest BCUT2D eigenvalue weighted by Crippen LogP contribution is 2.22. The highest BCUT2D eigenvalue weighted by Gasteiger charge is 2.18.